The molecule has 2 aromatic carbocycles. The van der Waals surface area contributed by atoms with Crippen LogP contribution in [0.25, 0.3) is 11.6 Å². The van der Waals surface area contributed by atoms with Gasteiger partial charge in [-0.25, -0.2) is 4.39 Å². The van der Waals surface area contributed by atoms with E-state index in [9.17, 15) is 9.18 Å². The number of amides is 1. The first-order valence-corrected chi connectivity index (χ1v) is 11.9. The Morgan fingerprint density at radius 3 is 2.62 bits per heavy atom. The van der Waals surface area contributed by atoms with Crippen molar-refractivity contribution in [1.29, 1.82) is 0 Å². The zero-order valence-corrected chi connectivity index (χ0v) is 20.1. The van der Waals surface area contributed by atoms with Gasteiger partial charge in [-0.3, -0.25) is 9.36 Å². The first-order valence-electron chi connectivity index (χ1n) is 10.9. The molecule has 34 heavy (non-hydrogen) atoms. The van der Waals surface area contributed by atoms with Crippen molar-refractivity contribution >= 4 is 29.0 Å². The second-order valence-electron chi connectivity index (χ2n) is 8.06. The first-order chi connectivity index (χ1) is 16.4. The Kier molecular flexibility index (Phi) is 7.32. The highest BCUT2D eigenvalue weighted by atomic mass is 32.2. The van der Waals surface area contributed by atoms with Crippen LogP contribution >= 0.6 is 11.8 Å². The van der Waals surface area contributed by atoms with Gasteiger partial charge in [0.15, 0.2) is 10.9 Å². The number of hydrogen-bond donors (Lipinski definition) is 1. The number of rotatable bonds is 9. The summed E-state index contributed by atoms with van der Waals surface area (Å²) in [5, 5.41) is 11.9. The van der Waals surface area contributed by atoms with Crippen LogP contribution in [0.4, 0.5) is 15.8 Å². The van der Waals surface area contributed by atoms with Crippen molar-refractivity contribution in [3.8, 4) is 11.6 Å². The van der Waals surface area contributed by atoms with Gasteiger partial charge in [0, 0.05) is 18.8 Å². The van der Waals surface area contributed by atoms with E-state index in [1.54, 1.807) is 24.5 Å². The molecule has 0 aliphatic heterocycles. The average molecular weight is 480 g/mol. The summed E-state index contributed by atoms with van der Waals surface area (Å²) in [6.45, 7) is 4.50. The second-order valence-corrected chi connectivity index (χ2v) is 9.01. The largest absolute Gasteiger partial charge is 0.461 e. The Labute approximate surface area is 202 Å². The van der Waals surface area contributed by atoms with Gasteiger partial charge in [-0.15, -0.1) is 10.2 Å². The maximum atomic E-state index is 14.5. The molecule has 2 heterocycles. The Hall–Kier alpha value is -3.59. The number of nitrogens with zero attached hydrogens (tertiary/aromatic N) is 4. The van der Waals surface area contributed by atoms with Crippen LogP contribution in [0.2, 0.25) is 0 Å². The van der Waals surface area contributed by atoms with E-state index in [2.05, 4.69) is 15.5 Å². The Balaban J connectivity index is 1.46. The van der Waals surface area contributed by atoms with Crippen molar-refractivity contribution in [1.82, 2.24) is 14.8 Å². The molecule has 176 valence electrons. The van der Waals surface area contributed by atoms with Crippen LogP contribution < -0.4 is 10.2 Å². The van der Waals surface area contributed by atoms with Gasteiger partial charge < -0.3 is 14.6 Å². The van der Waals surface area contributed by atoms with Crippen molar-refractivity contribution in [2.75, 3.05) is 23.0 Å². The topological polar surface area (TPSA) is 76.2 Å². The van der Waals surface area contributed by atoms with Gasteiger partial charge in [-0.1, -0.05) is 42.1 Å². The Morgan fingerprint density at radius 1 is 1.15 bits per heavy atom. The predicted octanol–water partition coefficient (Wildman–Crippen LogP) is 5.30. The van der Waals surface area contributed by atoms with E-state index in [1.807, 2.05) is 66.8 Å². The van der Waals surface area contributed by atoms with Crippen LogP contribution in [0, 0.1) is 5.82 Å². The molecule has 7 nitrogen and oxygen atoms in total. The number of hydrogen-bond acceptors (Lipinski definition) is 6. The fourth-order valence-corrected chi connectivity index (χ4v) is 4.11. The molecule has 0 saturated carbocycles. The monoisotopic (exact) mass is 479 g/mol. The van der Waals surface area contributed by atoms with Crippen molar-refractivity contribution in [3.63, 3.8) is 0 Å². The zero-order chi connectivity index (χ0) is 24.1. The minimum absolute atomic E-state index is 0.0976. The lowest BCUT2D eigenvalue weighted by Gasteiger charge is -2.24. The minimum Gasteiger partial charge on any atom is -0.461 e. The third-order valence-electron chi connectivity index (χ3n) is 5.36. The number of carbonyl (C=O) groups is 1. The molecular weight excluding hydrogens is 453 g/mol. The van der Waals surface area contributed by atoms with Gasteiger partial charge in [-0.2, -0.15) is 0 Å². The summed E-state index contributed by atoms with van der Waals surface area (Å²) in [7, 11) is 1.83. The van der Waals surface area contributed by atoms with E-state index < -0.39 is 0 Å². The van der Waals surface area contributed by atoms with Gasteiger partial charge in [0.1, 0.15) is 5.82 Å². The summed E-state index contributed by atoms with van der Waals surface area (Å²) in [6.07, 6.45) is 1.58. The highest BCUT2D eigenvalue weighted by Gasteiger charge is 2.18. The third kappa shape index (κ3) is 5.48. The molecule has 0 atom stereocenters. The number of anilines is 2. The summed E-state index contributed by atoms with van der Waals surface area (Å²) in [4.78, 5) is 14.4. The summed E-state index contributed by atoms with van der Waals surface area (Å²) >= 11 is 1.26. The van der Waals surface area contributed by atoms with Gasteiger partial charge in [-0.05, 0) is 49.7 Å². The van der Waals surface area contributed by atoms with Crippen molar-refractivity contribution < 1.29 is 13.6 Å². The molecule has 0 aliphatic rings. The lowest BCUT2D eigenvalue weighted by atomic mass is 10.2. The molecule has 1 amide bonds. The van der Waals surface area contributed by atoms with E-state index >= 15 is 0 Å². The molecule has 0 aliphatic carbocycles. The summed E-state index contributed by atoms with van der Waals surface area (Å²) in [5.74, 6) is 0.640. The smallest absolute Gasteiger partial charge is 0.234 e. The first kappa shape index (κ1) is 23.6. The third-order valence-corrected chi connectivity index (χ3v) is 6.33. The molecule has 9 heteroatoms. The standard InChI is InChI=1S/C25H26FN5O2S/c1-17(2)30(3)21-12-11-19(14-20(21)26)27-23(32)16-34-25-29-28-24(22-10-7-13-33-22)31(25)15-18-8-5-4-6-9-18/h4-14,17H,15-16H2,1-3H3,(H,27,32). The molecule has 1 N–H and O–H groups in total. The fraction of sp³-hybridized carbons (Fsp3) is 0.240. The summed E-state index contributed by atoms with van der Waals surface area (Å²) < 4.78 is 22.0. The quantitative estimate of drug-likeness (QED) is 0.328. The normalized spacial score (nSPS) is 11.1. The molecule has 0 saturated heterocycles. The molecule has 0 fully saturated rings. The number of carbonyl (C=O) groups excluding carboxylic acids is 1. The van der Waals surface area contributed by atoms with Gasteiger partial charge >= 0.3 is 0 Å². The summed E-state index contributed by atoms with van der Waals surface area (Å²) in [6, 6.07) is 18.4. The van der Waals surface area contributed by atoms with E-state index in [0.717, 1.165) is 5.56 Å². The highest BCUT2D eigenvalue weighted by Crippen LogP contribution is 2.27. The molecule has 0 spiro atoms. The van der Waals surface area contributed by atoms with Crippen LogP contribution in [0.15, 0.2) is 76.5 Å². The van der Waals surface area contributed by atoms with Crippen LogP contribution in [-0.4, -0.2) is 39.5 Å². The molecule has 2 aromatic heterocycles. The SMILES string of the molecule is CC(C)N(C)c1ccc(NC(=O)CSc2nnc(-c3ccco3)n2Cc2ccccc2)cc1F. The molecule has 0 radical (unpaired) electrons. The Morgan fingerprint density at radius 2 is 1.94 bits per heavy atom. The van der Waals surface area contributed by atoms with Gasteiger partial charge in [0.25, 0.3) is 0 Å². The predicted molar refractivity (Wildman–Crippen MR) is 133 cm³/mol. The maximum Gasteiger partial charge on any atom is 0.234 e. The minimum atomic E-state index is -0.382. The van der Waals surface area contributed by atoms with Crippen LogP contribution in [0.5, 0.6) is 0 Å². The number of benzene rings is 2. The summed E-state index contributed by atoms with van der Waals surface area (Å²) in [5.41, 5.74) is 1.97. The average Bonchev–Trinajstić information content (AvgIpc) is 3.48. The molecular formula is C25H26FN5O2S. The van der Waals surface area contributed by atoms with Crippen molar-refractivity contribution in [2.45, 2.75) is 31.6 Å². The molecule has 0 bridgehead atoms. The number of thioether (sulfide) groups is 1. The maximum absolute atomic E-state index is 14.5. The second kappa shape index (κ2) is 10.6. The van der Waals surface area contributed by atoms with Crippen LogP contribution in [0.1, 0.15) is 19.4 Å². The van der Waals surface area contributed by atoms with E-state index in [-0.39, 0.29) is 23.5 Å². The highest BCUT2D eigenvalue weighted by molar-refractivity contribution is 7.99. The van der Waals surface area contributed by atoms with Crippen LogP contribution in [0.3, 0.4) is 0 Å². The zero-order valence-electron chi connectivity index (χ0n) is 19.2. The number of aromatic nitrogens is 3. The lowest BCUT2D eigenvalue weighted by molar-refractivity contribution is -0.113. The van der Waals surface area contributed by atoms with Gasteiger partial charge in [0.2, 0.25) is 11.7 Å². The van der Waals surface area contributed by atoms with E-state index in [0.29, 0.717) is 34.7 Å². The van der Waals surface area contributed by atoms with E-state index in [1.165, 1.54) is 17.8 Å². The molecule has 4 rings (SSSR count). The van der Waals surface area contributed by atoms with Gasteiger partial charge in [0.05, 0.1) is 24.2 Å². The Bertz CT molecular complexity index is 1240. The van der Waals surface area contributed by atoms with E-state index in [4.69, 9.17) is 4.42 Å². The molecule has 4 aromatic rings. The number of furan rings is 1. The molecule has 0 unspecified atom stereocenters. The fourth-order valence-electron chi connectivity index (χ4n) is 3.37. The number of halogens is 1. The van der Waals surface area contributed by atoms with Crippen molar-refractivity contribution in [2.24, 2.45) is 0 Å². The van der Waals surface area contributed by atoms with Crippen LogP contribution in [-0.2, 0) is 11.3 Å². The van der Waals surface area contributed by atoms with Crippen molar-refractivity contribution in [3.05, 3.63) is 78.3 Å². The lowest BCUT2D eigenvalue weighted by Crippen LogP contribution is -2.26. The number of nitrogens with one attached hydrogen (secondary N) is 1.